The molecule has 0 saturated heterocycles. The van der Waals surface area contributed by atoms with Gasteiger partial charge in [-0.05, 0) is 25.0 Å². The van der Waals surface area contributed by atoms with E-state index in [9.17, 15) is 4.79 Å². The third kappa shape index (κ3) is 3.72. The number of hydrogen-bond acceptors (Lipinski definition) is 2. The summed E-state index contributed by atoms with van der Waals surface area (Å²) in [4.78, 5) is 10.3. The molecule has 0 spiro atoms. The maximum atomic E-state index is 10.3. The van der Waals surface area contributed by atoms with Gasteiger partial charge in [-0.1, -0.05) is 24.3 Å². The predicted octanol–water partition coefficient (Wildman–Crippen LogP) is 2.12. The maximum absolute atomic E-state index is 10.3. The van der Waals surface area contributed by atoms with Crippen molar-refractivity contribution in [2.75, 3.05) is 6.54 Å². The van der Waals surface area contributed by atoms with Gasteiger partial charge in [0.05, 0.1) is 6.42 Å². The highest BCUT2D eigenvalue weighted by atomic mass is 16.4. The summed E-state index contributed by atoms with van der Waals surface area (Å²) in [5, 5.41) is 11.7. The molecular weight excluding hydrogens is 190 g/mol. The predicted molar refractivity (Wildman–Crippen MR) is 59.8 cm³/mol. The van der Waals surface area contributed by atoms with Crippen LogP contribution in [0.25, 0.3) is 0 Å². The van der Waals surface area contributed by atoms with Crippen molar-refractivity contribution in [3.8, 4) is 0 Å². The van der Waals surface area contributed by atoms with Crippen LogP contribution in [0.3, 0.4) is 0 Å². The molecule has 0 saturated carbocycles. The summed E-state index contributed by atoms with van der Waals surface area (Å²) in [5.41, 5.74) is 2.45. The Morgan fingerprint density at radius 1 is 1.47 bits per heavy atom. The van der Waals surface area contributed by atoms with E-state index in [0.29, 0.717) is 6.54 Å². The molecule has 82 valence electrons. The van der Waals surface area contributed by atoms with Crippen molar-refractivity contribution >= 4 is 5.97 Å². The van der Waals surface area contributed by atoms with Crippen molar-refractivity contribution in [1.82, 2.24) is 5.32 Å². The third-order valence-electron chi connectivity index (χ3n) is 2.44. The zero-order valence-corrected chi connectivity index (χ0v) is 9.16. The van der Waals surface area contributed by atoms with E-state index < -0.39 is 5.97 Å². The number of aryl methyl sites for hydroxylation is 1. The highest BCUT2D eigenvalue weighted by Crippen LogP contribution is 2.16. The van der Waals surface area contributed by atoms with Crippen LogP contribution >= 0.6 is 0 Å². The van der Waals surface area contributed by atoms with Crippen LogP contribution in [0.5, 0.6) is 0 Å². The van der Waals surface area contributed by atoms with E-state index in [2.05, 4.69) is 24.4 Å². The Balaban J connectivity index is 2.50. The van der Waals surface area contributed by atoms with Crippen molar-refractivity contribution in [3.05, 3.63) is 35.4 Å². The molecule has 2 N–H and O–H groups in total. The molecule has 1 rings (SSSR count). The summed E-state index contributed by atoms with van der Waals surface area (Å²) >= 11 is 0. The summed E-state index contributed by atoms with van der Waals surface area (Å²) < 4.78 is 0. The first-order valence-corrected chi connectivity index (χ1v) is 5.12. The van der Waals surface area contributed by atoms with Gasteiger partial charge in [0.25, 0.3) is 0 Å². The minimum Gasteiger partial charge on any atom is -0.481 e. The van der Waals surface area contributed by atoms with Gasteiger partial charge in [-0.15, -0.1) is 0 Å². The molecule has 3 nitrogen and oxygen atoms in total. The number of carbonyl (C=O) groups is 1. The molecule has 0 aliphatic carbocycles. The molecule has 0 aromatic heterocycles. The molecule has 0 unspecified atom stereocenters. The smallest absolute Gasteiger partial charge is 0.304 e. The SMILES string of the molecule is Cc1ccccc1[C@@H](C)NCCC(=O)O. The first-order chi connectivity index (χ1) is 7.11. The summed E-state index contributed by atoms with van der Waals surface area (Å²) in [6.45, 7) is 4.61. The van der Waals surface area contributed by atoms with Gasteiger partial charge in [-0.25, -0.2) is 0 Å². The maximum Gasteiger partial charge on any atom is 0.304 e. The van der Waals surface area contributed by atoms with Gasteiger partial charge in [0.2, 0.25) is 0 Å². The van der Waals surface area contributed by atoms with Crippen LogP contribution in [0.15, 0.2) is 24.3 Å². The fourth-order valence-electron chi connectivity index (χ4n) is 1.58. The Morgan fingerprint density at radius 3 is 2.73 bits per heavy atom. The summed E-state index contributed by atoms with van der Waals surface area (Å²) in [7, 11) is 0. The van der Waals surface area contributed by atoms with Crippen LogP contribution in [-0.4, -0.2) is 17.6 Å². The summed E-state index contributed by atoms with van der Waals surface area (Å²) in [6.07, 6.45) is 0.163. The molecule has 15 heavy (non-hydrogen) atoms. The number of carboxylic acid groups (broad SMARTS) is 1. The lowest BCUT2D eigenvalue weighted by Crippen LogP contribution is -2.22. The molecule has 3 heteroatoms. The monoisotopic (exact) mass is 207 g/mol. The van der Waals surface area contributed by atoms with Gasteiger partial charge in [-0.3, -0.25) is 4.79 Å². The molecule has 0 bridgehead atoms. The lowest BCUT2D eigenvalue weighted by atomic mass is 10.0. The van der Waals surface area contributed by atoms with E-state index in [1.807, 2.05) is 19.1 Å². The van der Waals surface area contributed by atoms with E-state index in [0.717, 1.165) is 0 Å². The fourth-order valence-corrected chi connectivity index (χ4v) is 1.58. The van der Waals surface area contributed by atoms with Crippen molar-refractivity contribution < 1.29 is 9.90 Å². The minimum atomic E-state index is -0.764. The van der Waals surface area contributed by atoms with Crippen molar-refractivity contribution in [2.45, 2.75) is 26.3 Å². The van der Waals surface area contributed by atoms with Gasteiger partial charge in [0.15, 0.2) is 0 Å². The molecule has 0 aliphatic heterocycles. The second-order valence-electron chi connectivity index (χ2n) is 3.68. The van der Waals surface area contributed by atoms with Gasteiger partial charge in [-0.2, -0.15) is 0 Å². The topological polar surface area (TPSA) is 49.3 Å². The van der Waals surface area contributed by atoms with Crippen molar-refractivity contribution in [3.63, 3.8) is 0 Å². The molecule has 1 atom stereocenters. The molecule has 1 aromatic carbocycles. The van der Waals surface area contributed by atoms with E-state index in [1.54, 1.807) is 0 Å². The Labute approximate surface area is 90.1 Å². The molecule has 0 radical (unpaired) electrons. The van der Waals surface area contributed by atoms with E-state index in [1.165, 1.54) is 11.1 Å². The highest BCUT2D eigenvalue weighted by molar-refractivity contribution is 5.66. The van der Waals surface area contributed by atoms with Crippen LogP contribution in [0.4, 0.5) is 0 Å². The van der Waals surface area contributed by atoms with Crippen molar-refractivity contribution in [1.29, 1.82) is 0 Å². The zero-order valence-electron chi connectivity index (χ0n) is 9.16. The Morgan fingerprint density at radius 2 is 2.13 bits per heavy atom. The van der Waals surface area contributed by atoms with Crippen LogP contribution < -0.4 is 5.32 Å². The first-order valence-electron chi connectivity index (χ1n) is 5.12. The number of nitrogens with one attached hydrogen (secondary N) is 1. The molecule has 0 fully saturated rings. The summed E-state index contributed by atoms with van der Waals surface area (Å²) in [5.74, 6) is -0.764. The number of benzene rings is 1. The molecule has 0 aliphatic rings. The fraction of sp³-hybridized carbons (Fsp3) is 0.417. The van der Waals surface area contributed by atoms with Gasteiger partial charge < -0.3 is 10.4 Å². The van der Waals surface area contributed by atoms with E-state index in [4.69, 9.17) is 5.11 Å². The Bertz CT molecular complexity index is 336. The second-order valence-corrected chi connectivity index (χ2v) is 3.68. The van der Waals surface area contributed by atoms with Crippen LogP contribution in [-0.2, 0) is 4.79 Å². The molecule has 0 amide bonds. The van der Waals surface area contributed by atoms with Crippen LogP contribution in [0.2, 0.25) is 0 Å². The quantitative estimate of drug-likeness (QED) is 0.777. The molecule has 1 aromatic rings. The Hall–Kier alpha value is -1.35. The summed E-state index contributed by atoms with van der Waals surface area (Å²) in [6, 6.07) is 8.32. The molecule has 0 heterocycles. The lowest BCUT2D eigenvalue weighted by Gasteiger charge is -2.15. The number of hydrogen-bond donors (Lipinski definition) is 2. The van der Waals surface area contributed by atoms with E-state index in [-0.39, 0.29) is 12.5 Å². The van der Waals surface area contributed by atoms with Gasteiger partial charge in [0.1, 0.15) is 0 Å². The lowest BCUT2D eigenvalue weighted by molar-refractivity contribution is -0.136. The van der Waals surface area contributed by atoms with Gasteiger partial charge in [0, 0.05) is 12.6 Å². The number of aliphatic carboxylic acids is 1. The van der Waals surface area contributed by atoms with Gasteiger partial charge >= 0.3 is 5.97 Å². The number of carboxylic acids is 1. The number of rotatable bonds is 5. The average molecular weight is 207 g/mol. The Kier molecular flexibility index (Phi) is 4.31. The van der Waals surface area contributed by atoms with Crippen molar-refractivity contribution in [2.24, 2.45) is 0 Å². The van der Waals surface area contributed by atoms with E-state index >= 15 is 0 Å². The second kappa shape index (κ2) is 5.51. The first kappa shape index (κ1) is 11.7. The average Bonchev–Trinajstić information content (AvgIpc) is 2.17. The van der Waals surface area contributed by atoms with Crippen LogP contribution in [0, 0.1) is 6.92 Å². The standard InChI is InChI=1S/C12H17NO2/c1-9-5-3-4-6-11(9)10(2)13-8-7-12(14)15/h3-6,10,13H,7-8H2,1-2H3,(H,14,15)/t10-/m1/s1. The zero-order chi connectivity index (χ0) is 11.3. The largest absolute Gasteiger partial charge is 0.481 e. The molecular formula is C12H17NO2. The van der Waals surface area contributed by atoms with Crippen LogP contribution in [0.1, 0.15) is 30.5 Å². The third-order valence-corrected chi connectivity index (χ3v) is 2.44. The normalized spacial score (nSPS) is 12.4. The minimum absolute atomic E-state index is 0.163. The highest BCUT2D eigenvalue weighted by Gasteiger charge is 2.07.